The number of nitrogens with one attached hydrogen (secondary N) is 1. The molecule has 0 aliphatic heterocycles. The Kier molecular flexibility index (Phi) is 4.22. The van der Waals surface area contributed by atoms with E-state index in [1.54, 1.807) is 31.2 Å². The number of benzene rings is 1. The number of aryl methyl sites for hydroxylation is 1. The molecule has 0 aliphatic carbocycles. The monoisotopic (exact) mass is 309 g/mol. The molecular weight excluding hydrogens is 298 g/mol. The van der Waals surface area contributed by atoms with Crippen LogP contribution in [0.1, 0.15) is 5.01 Å². The highest BCUT2D eigenvalue weighted by Gasteiger charge is 2.19. The summed E-state index contributed by atoms with van der Waals surface area (Å²) in [6, 6.07) is 8.36. The van der Waals surface area contributed by atoms with Crippen molar-refractivity contribution in [3.05, 3.63) is 35.5 Å². The lowest BCUT2D eigenvalue weighted by Crippen LogP contribution is -2.12. The Labute approximate surface area is 120 Å². The topological polar surface area (TPSA) is 92.1 Å². The maximum absolute atomic E-state index is 12.2. The summed E-state index contributed by atoms with van der Waals surface area (Å²) in [5, 5.41) is 9.18. The molecule has 0 bridgehead atoms. The van der Waals surface area contributed by atoms with Crippen molar-refractivity contribution < 1.29 is 13.2 Å². The van der Waals surface area contributed by atoms with Gasteiger partial charge in [-0.25, -0.2) is 13.4 Å². The van der Waals surface area contributed by atoms with E-state index in [1.807, 2.05) is 6.07 Å². The third-order valence-corrected chi connectivity index (χ3v) is 5.03. The van der Waals surface area contributed by atoms with Gasteiger partial charge in [0, 0.05) is 0 Å². The van der Waals surface area contributed by atoms with Crippen molar-refractivity contribution >= 4 is 27.0 Å². The number of aromatic nitrogens is 1. The molecule has 0 spiro atoms. The van der Waals surface area contributed by atoms with Gasteiger partial charge in [-0.2, -0.15) is 5.26 Å². The first-order chi connectivity index (χ1) is 9.53. The molecule has 0 aliphatic rings. The normalized spacial score (nSPS) is 10.8. The van der Waals surface area contributed by atoms with Gasteiger partial charge in [0.25, 0.3) is 10.0 Å². The molecule has 1 aromatic carbocycles. The SMILES string of the molecule is Cc1ncc(S(=O)(=O)Nc2ccccc2OCC#N)s1. The van der Waals surface area contributed by atoms with Crippen molar-refractivity contribution in [1.29, 1.82) is 5.26 Å². The quantitative estimate of drug-likeness (QED) is 0.913. The molecule has 6 nitrogen and oxygen atoms in total. The van der Waals surface area contributed by atoms with Crippen LogP contribution >= 0.6 is 11.3 Å². The van der Waals surface area contributed by atoms with E-state index in [0.717, 1.165) is 11.3 Å². The number of rotatable bonds is 5. The minimum atomic E-state index is -3.70. The fraction of sp³-hybridized carbons (Fsp3) is 0.167. The Morgan fingerprint density at radius 1 is 1.45 bits per heavy atom. The van der Waals surface area contributed by atoms with Gasteiger partial charge in [0.1, 0.15) is 11.8 Å². The van der Waals surface area contributed by atoms with Crippen LogP contribution in [0.5, 0.6) is 5.75 Å². The lowest BCUT2D eigenvalue weighted by atomic mass is 10.3. The summed E-state index contributed by atoms with van der Waals surface area (Å²) in [6.45, 7) is 1.58. The average molecular weight is 309 g/mol. The van der Waals surface area contributed by atoms with Gasteiger partial charge in [-0.15, -0.1) is 11.3 Å². The number of hydrogen-bond acceptors (Lipinski definition) is 6. The Morgan fingerprint density at radius 3 is 2.85 bits per heavy atom. The van der Waals surface area contributed by atoms with Gasteiger partial charge < -0.3 is 4.74 Å². The Hall–Kier alpha value is -2.11. The van der Waals surface area contributed by atoms with Crippen LogP contribution in [-0.4, -0.2) is 20.0 Å². The Morgan fingerprint density at radius 2 is 2.20 bits per heavy atom. The molecule has 2 aromatic rings. The molecule has 0 amide bonds. The average Bonchev–Trinajstić information content (AvgIpc) is 2.85. The predicted molar refractivity (Wildman–Crippen MR) is 75.2 cm³/mol. The standard InChI is InChI=1S/C12H11N3O3S2/c1-9-14-8-12(19-9)20(16,17)15-10-4-2-3-5-11(10)18-7-6-13/h2-5,8,15H,7H2,1H3. The molecule has 1 aromatic heterocycles. The molecule has 0 saturated carbocycles. The Bertz CT molecular complexity index is 747. The van der Waals surface area contributed by atoms with Gasteiger partial charge in [0.2, 0.25) is 0 Å². The maximum atomic E-state index is 12.2. The van der Waals surface area contributed by atoms with Gasteiger partial charge in [0.05, 0.1) is 16.9 Å². The molecule has 0 saturated heterocycles. The first-order valence-electron chi connectivity index (χ1n) is 5.57. The second kappa shape index (κ2) is 5.90. The molecule has 0 atom stereocenters. The summed E-state index contributed by atoms with van der Waals surface area (Å²) in [5.74, 6) is 0.305. The van der Waals surface area contributed by atoms with Crippen LogP contribution in [0.15, 0.2) is 34.7 Å². The zero-order chi connectivity index (χ0) is 14.6. The molecule has 104 valence electrons. The zero-order valence-electron chi connectivity index (χ0n) is 10.5. The summed E-state index contributed by atoms with van der Waals surface area (Å²) in [5.41, 5.74) is 0.286. The minimum absolute atomic E-state index is 0.130. The molecule has 0 radical (unpaired) electrons. The van der Waals surface area contributed by atoms with Crippen molar-refractivity contribution in [3.63, 3.8) is 0 Å². The van der Waals surface area contributed by atoms with Crippen LogP contribution < -0.4 is 9.46 Å². The van der Waals surface area contributed by atoms with Crippen molar-refractivity contribution in [2.45, 2.75) is 11.1 Å². The molecule has 1 heterocycles. The number of nitrogens with zero attached hydrogens (tertiary/aromatic N) is 2. The summed E-state index contributed by atoms with van der Waals surface area (Å²) >= 11 is 1.08. The first-order valence-corrected chi connectivity index (χ1v) is 7.87. The highest BCUT2D eigenvalue weighted by atomic mass is 32.2. The fourth-order valence-electron chi connectivity index (χ4n) is 1.45. The number of para-hydroxylation sites is 2. The summed E-state index contributed by atoms with van der Waals surface area (Å²) in [4.78, 5) is 3.92. The van der Waals surface area contributed by atoms with Crippen LogP contribution in [0, 0.1) is 18.3 Å². The second-order valence-electron chi connectivity index (χ2n) is 3.75. The van der Waals surface area contributed by atoms with Gasteiger partial charge >= 0.3 is 0 Å². The molecule has 8 heteroatoms. The smallest absolute Gasteiger partial charge is 0.273 e. The van der Waals surface area contributed by atoms with E-state index in [4.69, 9.17) is 10.00 Å². The van der Waals surface area contributed by atoms with E-state index in [2.05, 4.69) is 9.71 Å². The van der Waals surface area contributed by atoms with Gasteiger partial charge in [-0.3, -0.25) is 4.72 Å². The van der Waals surface area contributed by atoms with E-state index in [0.29, 0.717) is 10.8 Å². The van der Waals surface area contributed by atoms with E-state index in [-0.39, 0.29) is 16.5 Å². The maximum Gasteiger partial charge on any atom is 0.273 e. The molecule has 0 fully saturated rings. The van der Waals surface area contributed by atoms with E-state index in [9.17, 15) is 8.42 Å². The molecule has 20 heavy (non-hydrogen) atoms. The zero-order valence-corrected chi connectivity index (χ0v) is 12.2. The first kappa shape index (κ1) is 14.3. The molecule has 0 unspecified atom stereocenters. The number of anilines is 1. The highest BCUT2D eigenvalue weighted by Crippen LogP contribution is 2.28. The van der Waals surface area contributed by atoms with E-state index >= 15 is 0 Å². The molecular formula is C12H11N3O3S2. The highest BCUT2D eigenvalue weighted by molar-refractivity contribution is 7.94. The Balaban J connectivity index is 2.28. The third kappa shape index (κ3) is 3.26. The minimum Gasteiger partial charge on any atom is -0.477 e. The second-order valence-corrected chi connectivity index (χ2v) is 6.89. The van der Waals surface area contributed by atoms with Crippen molar-refractivity contribution in [2.75, 3.05) is 11.3 Å². The number of sulfonamides is 1. The van der Waals surface area contributed by atoms with Gasteiger partial charge in [-0.1, -0.05) is 12.1 Å². The predicted octanol–water partition coefficient (Wildman–Crippen LogP) is 2.15. The molecule has 2 rings (SSSR count). The van der Waals surface area contributed by atoms with Crippen LogP contribution in [-0.2, 0) is 10.0 Å². The van der Waals surface area contributed by atoms with Crippen LogP contribution in [0.3, 0.4) is 0 Å². The van der Waals surface area contributed by atoms with Crippen molar-refractivity contribution in [2.24, 2.45) is 0 Å². The van der Waals surface area contributed by atoms with E-state index < -0.39 is 10.0 Å². The fourth-order valence-corrected chi connectivity index (χ4v) is 3.63. The number of hydrogen-bond donors (Lipinski definition) is 1. The van der Waals surface area contributed by atoms with Crippen molar-refractivity contribution in [3.8, 4) is 11.8 Å². The summed E-state index contributed by atoms with van der Waals surface area (Å²) in [7, 11) is -3.70. The van der Waals surface area contributed by atoms with Crippen LogP contribution in [0.25, 0.3) is 0 Å². The van der Waals surface area contributed by atoms with Crippen molar-refractivity contribution in [1.82, 2.24) is 4.98 Å². The van der Waals surface area contributed by atoms with Gasteiger partial charge in [-0.05, 0) is 19.1 Å². The third-order valence-electron chi connectivity index (χ3n) is 2.29. The molecule has 1 N–H and O–H groups in total. The summed E-state index contributed by atoms with van der Waals surface area (Å²) < 4.78 is 32.1. The van der Waals surface area contributed by atoms with E-state index in [1.165, 1.54) is 6.20 Å². The number of thiazole rings is 1. The largest absolute Gasteiger partial charge is 0.477 e. The summed E-state index contributed by atoms with van der Waals surface area (Å²) in [6.07, 6.45) is 1.31. The number of nitriles is 1. The van der Waals surface area contributed by atoms with Crippen LogP contribution in [0.2, 0.25) is 0 Å². The lowest BCUT2D eigenvalue weighted by Gasteiger charge is -2.10. The lowest BCUT2D eigenvalue weighted by molar-refractivity contribution is 0.370. The van der Waals surface area contributed by atoms with Gasteiger partial charge in [0.15, 0.2) is 10.8 Å². The van der Waals surface area contributed by atoms with Crippen LogP contribution in [0.4, 0.5) is 5.69 Å². The number of ether oxygens (including phenoxy) is 1.